The van der Waals surface area contributed by atoms with E-state index in [4.69, 9.17) is 16.3 Å². The third-order valence-corrected chi connectivity index (χ3v) is 2.83. The number of hydrogen-bond acceptors (Lipinski definition) is 3. The fourth-order valence-electron chi connectivity index (χ4n) is 1.71. The average Bonchev–Trinajstić information content (AvgIpc) is 2.40. The number of rotatable bonds is 5. The maximum Gasteiger partial charge on any atom is 0.123 e. The Morgan fingerprint density at radius 1 is 1.21 bits per heavy atom. The summed E-state index contributed by atoms with van der Waals surface area (Å²) in [5.74, 6) is 0.841. The number of nitrogens with one attached hydrogen (secondary N) is 1. The van der Waals surface area contributed by atoms with Crippen molar-refractivity contribution in [1.29, 1.82) is 0 Å². The fourth-order valence-corrected chi connectivity index (χ4v) is 1.91. The predicted molar refractivity (Wildman–Crippen MR) is 80.0 cm³/mol. The Balaban J connectivity index is 0.00000180. The second-order valence-electron chi connectivity index (χ2n) is 3.88. The first kappa shape index (κ1) is 15.8. The Kier molecular flexibility index (Phi) is 6.64. The van der Waals surface area contributed by atoms with Gasteiger partial charge in [-0.1, -0.05) is 17.7 Å². The SMILES string of the molecule is COc1ccc(Cl)cc1CNCc1ccccn1.Cl. The summed E-state index contributed by atoms with van der Waals surface area (Å²) in [6.45, 7) is 1.41. The molecule has 1 N–H and O–H groups in total. The maximum atomic E-state index is 5.97. The number of pyridine rings is 1. The number of halogens is 2. The van der Waals surface area contributed by atoms with Crippen molar-refractivity contribution < 1.29 is 4.74 Å². The van der Waals surface area contributed by atoms with Crippen molar-refractivity contribution in [3.63, 3.8) is 0 Å². The number of methoxy groups -OCH3 is 1. The van der Waals surface area contributed by atoms with Gasteiger partial charge in [-0.2, -0.15) is 0 Å². The lowest BCUT2D eigenvalue weighted by Crippen LogP contribution is -2.14. The van der Waals surface area contributed by atoms with Gasteiger partial charge in [0.05, 0.1) is 12.8 Å². The first-order valence-electron chi connectivity index (χ1n) is 5.72. The lowest BCUT2D eigenvalue weighted by molar-refractivity contribution is 0.407. The molecule has 1 aromatic carbocycles. The van der Waals surface area contributed by atoms with Crippen LogP contribution in [0, 0.1) is 0 Å². The molecule has 0 aliphatic heterocycles. The van der Waals surface area contributed by atoms with E-state index >= 15 is 0 Å². The summed E-state index contributed by atoms with van der Waals surface area (Å²) in [6.07, 6.45) is 1.79. The van der Waals surface area contributed by atoms with Crippen molar-refractivity contribution in [2.24, 2.45) is 0 Å². The minimum atomic E-state index is 0. The molecule has 0 unspecified atom stereocenters. The van der Waals surface area contributed by atoms with Gasteiger partial charge < -0.3 is 10.1 Å². The molecule has 0 saturated heterocycles. The smallest absolute Gasteiger partial charge is 0.123 e. The van der Waals surface area contributed by atoms with Crippen molar-refractivity contribution >= 4 is 24.0 Å². The van der Waals surface area contributed by atoms with Gasteiger partial charge in [-0.3, -0.25) is 4.98 Å². The van der Waals surface area contributed by atoms with Gasteiger partial charge in [0.1, 0.15) is 5.75 Å². The Bertz CT molecular complexity index is 506. The minimum Gasteiger partial charge on any atom is -0.496 e. The summed E-state index contributed by atoms with van der Waals surface area (Å²) < 4.78 is 5.29. The van der Waals surface area contributed by atoms with Crippen molar-refractivity contribution in [2.75, 3.05) is 7.11 Å². The Labute approximate surface area is 124 Å². The second kappa shape index (κ2) is 8.00. The third-order valence-electron chi connectivity index (χ3n) is 2.59. The van der Waals surface area contributed by atoms with E-state index in [1.54, 1.807) is 13.3 Å². The zero-order valence-electron chi connectivity index (χ0n) is 10.6. The van der Waals surface area contributed by atoms with Crippen molar-refractivity contribution in [3.8, 4) is 5.75 Å². The Hall–Kier alpha value is -1.29. The molecule has 5 heteroatoms. The second-order valence-corrected chi connectivity index (χ2v) is 4.32. The van der Waals surface area contributed by atoms with Crippen LogP contribution in [0.2, 0.25) is 5.02 Å². The summed E-state index contributed by atoms with van der Waals surface area (Å²) in [6, 6.07) is 11.5. The molecule has 0 spiro atoms. The number of aromatic nitrogens is 1. The molecule has 1 heterocycles. The molecule has 0 aliphatic carbocycles. The van der Waals surface area contributed by atoms with Gasteiger partial charge in [0.25, 0.3) is 0 Å². The molecule has 3 nitrogen and oxygen atoms in total. The van der Waals surface area contributed by atoms with Crippen LogP contribution >= 0.6 is 24.0 Å². The van der Waals surface area contributed by atoms with Crippen LogP contribution in [0.3, 0.4) is 0 Å². The van der Waals surface area contributed by atoms with E-state index in [0.717, 1.165) is 23.6 Å². The van der Waals surface area contributed by atoms with Gasteiger partial charge in [0.2, 0.25) is 0 Å². The van der Waals surface area contributed by atoms with Crippen LogP contribution in [0.15, 0.2) is 42.6 Å². The molecule has 2 aromatic rings. The molecule has 19 heavy (non-hydrogen) atoms. The Morgan fingerprint density at radius 3 is 2.74 bits per heavy atom. The molecule has 2 rings (SSSR count). The fraction of sp³-hybridized carbons (Fsp3) is 0.214. The zero-order valence-corrected chi connectivity index (χ0v) is 12.2. The van der Waals surface area contributed by atoms with Crippen LogP contribution in [-0.2, 0) is 13.1 Å². The number of ether oxygens (including phenoxy) is 1. The van der Waals surface area contributed by atoms with E-state index < -0.39 is 0 Å². The molecular formula is C14H16Cl2N2O. The van der Waals surface area contributed by atoms with Crippen molar-refractivity contribution in [2.45, 2.75) is 13.1 Å². The number of nitrogens with zero attached hydrogens (tertiary/aromatic N) is 1. The largest absolute Gasteiger partial charge is 0.496 e. The molecule has 102 valence electrons. The van der Waals surface area contributed by atoms with Crippen LogP contribution in [0.1, 0.15) is 11.3 Å². The molecule has 0 aliphatic rings. The van der Waals surface area contributed by atoms with Crippen LogP contribution in [0.5, 0.6) is 5.75 Å². The topological polar surface area (TPSA) is 34.1 Å². The lowest BCUT2D eigenvalue weighted by atomic mass is 10.2. The van der Waals surface area contributed by atoms with Crippen LogP contribution in [0.4, 0.5) is 0 Å². The van der Waals surface area contributed by atoms with E-state index in [-0.39, 0.29) is 12.4 Å². The molecule has 0 fully saturated rings. The number of hydrogen-bond donors (Lipinski definition) is 1. The van der Waals surface area contributed by atoms with E-state index in [1.807, 2.05) is 36.4 Å². The highest BCUT2D eigenvalue weighted by Crippen LogP contribution is 2.22. The highest BCUT2D eigenvalue weighted by molar-refractivity contribution is 6.30. The van der Waals surface area contributed by atoms with Gasteiger partial charge in [-0.25, -0.2) is 0 Å². The summed E-state index contributed by atoms with van der Waals surface area (Å²) in [7, 11) is 1.66. The zero-order chi connectivity index (χ0) is 12.8. The highest BCUT2D eigenvalue weighted by atomic mass is 35.5. The Morgan fingerprint density at radius 2 is 2.05 bits per heavy atom. The first-order chi connectivity index (χ1) is 8.79. The van der Waals surface area contributed by atoms with Gasteiger partial charge >= 0.3 is 0 Å². The third kappa shape index (κ3) is 4.71. The lowest BCUT2D eigenvalue weighted by Gasteiger charge is -2.09. The molecule has 0 radical (unpaired) electrons. The standard InChI is InChI=1S/C14H15ClN2O.ClH/c1-18-14-6-5-12(15)8-11(14)9-16-10-13-4-2-3-7-17-13;/h2-8,16H,9-10H2,1H3;1H. The van der Waals surface area contributed by atoms with E-state index in [9.17, 15) is 0 Å². The highest BCUT2D eigenvalue weighted by Gasteiger charge is 2.03. The van der Waals surface area contributed by atoms with Gasteiger partial charge in [0, 0.05) is 29.9 Å². The predicted octanol–water partition coefficient (Wildman–Crippen LogP) is 3.46. The van der Waals surface area contributed by atoms with Crippen LogP contribution < -0.4 is 10.1 Å². The van der Waals surface area contributed by atoms with E-state index in [2.05, 4.69) is 10.3 Å². The van der Waals surface area contributed by atoms with Gasteiger partial charge in [-0.05, 0) is 30.3 Å². The number of benzene rings is 1. The molecule has 1 aromatic heterocycles. The van der Waals surface area contributed by atoms with E-state index in [0.29, 0.717) is 11.6 Å². The molecule has 0 atom stereocenters. The average molecular weight is 299 g/mol. The molecule has 0 saturated carbocycles. The van der Waals surface area contributed by atoms with Gasteiger partial charge in [-0.15, -0.1) is 12.4 Å². The summed E-state index contributed by atoms with van der Waals surface area (Å²) in [5, 5.41) is 4.03. The molecule has 0 amide bonds. The molecular weight excluding hydrogens is 283 g/mol. The van der Waals surface area contributed by atoms with Crippen molar-refractivity contribution in [3.05, 3.63) is 58.9 Å². The maximum absolute atomic E-state index is 5.97. The van der Waals surface area contributed by atoms with Crippen molar-refractivity contribution in [1.82, 2.24) is 10.3 Å². The minimum absolute atomic E-state index is 0. The normalized spacial score (nSPS) is 9.79. The molecule has 0 bridgehead atoms. The van der Waals surface area contributed by atoms with E-state index in [1.165, 1.54) is 0 Å². The van der Waals surface area contributed by atoms with Crippen LogP contribution in [0.25, 0.3) is 0 Å². The first-order valence-corrected chi connectivity index (χ1v) is 6.10. The van der Waals surface area contributed by atoms with Crippen LogP contribution in [-0.4, -0.2) is 12.1 Å². The monoisotopic (exact) mass is 298 g/mol. The quantitative estimate of drug-likeness (QED) is 0.918. The summed E-state index contributed by atoms with van der Waals surface area (Å²) in [4.78, 5) is 4.25. The summed E-state index contributed by atoms with van der Waals surface area (Å²) in [5.41, 5.74) is 2.06. The van der Waals surface area contributed by atoms with Gasteiger partial charge in [0.15, 0.2) is 0 Å². The summed E-state index contributed by atoms with van der Waals surface area (Å²) >= 11 is 5.97.